The number of amides is 1. The van der Waals surface area contributed by atoms with Crippen LogP contribution in [0.5, 0.6) is 0 Å². The Hall–Kier alpha value is -1.36. The van der Waals surface area contributed by atoms with Gasteiger partial charge in [0.2, 0.25) is 0 Å². The van der Waals surface area contributed by atoms with E-state index in [0.29, 0.717) is 23.9 Å². The summed E-state index contributed by atoms with van der Waals surface area (Å²) in [5.41, 5.74) is 1.59. The zero-order chi connectivity index (χ0) is 15.4. The molecule has 1 aromatic heterocycles. The highest BCUT2D eigenvalue weighted by Crippen LogP contribution is 2.34. The fourth-order valence-corrected chi connectivity index (χ4v) is 2.96. The SMILES string of the molecule is CCC(CC)n1ncc(C(=O)NC(CCO)C2CC2)c1C. The van der Waals surface area contributed by atoms with Gasteiger partial charge in [-0.2, -0.15) is 5.10 Å². The summed E-state index contributed by atoms with van der Waals surface area (Å²) in [6.07, 6.45) is 6.63. The number of carbonyl (C=O) groups excluding carboxylic acids is 1. The summed E-state index contributed by atoms with van der Waals surface area (Å²) in [5.74, 6) is 0.477. The molecule has 1 saturated carbocycles. The molecule has 2 rings (SSSR count). The van der Waals surface area contributed by atoms with Gasteiger partial charge in [0.05, 0.1) is 17.8 Å². The quantitative estimate of drug-likeness (QED) is 0.773. The topological polar surface area (TPSA) is 67.2 Å². The molecular formula is C16H27N3O2. The molecule has 5 nitrogen and oxygen atoms in total. The summed E-state index contributed by atoms with van der Waals surface area (Å²) in [5, 5.41) is 16.6. The van der Waals surface area contributed by atoms with Crippen LogP contribution in [0, 0.1) is 12.8 Å². The molecule has 0 bridgehead atoms. The lowest BCUT2D eigenvalue weighted by molar-refractivity contribution is 0.0923. The molecule has 1 unspecified atom stereocenters. The van der Waals surface area contributed by atoms with E-state index in [9.17, 15) is 4.79 Å². The van der Waals surface area contributed by atoms with Crippen molar-refractivity contribution in [2.24, 2.45) is 5.92 Å². The van der Waals surface area contributed by atoms with Gasteiger partial charge in [-0.05, 0) is 44.9 Å². The van der Waals surface area contributed by atoms with Crippen LogP contribution in [0.25, 0.3) is 0 Å². The van der Waals surface area contributed by atoms with E-state index in [1.165, 1.54) is 0 Å². The molecule has 0 radical (unpaired) electrons. The monoisotopic (exact) mass is 293 g/mol. The van der Waals surface area contributed by atoms with Crippen LogP contribution in [-0.4, -0.2) is 33.4 Å². The van der Waals surface area contributed by atoms with E-state index >= 15 is 0 Å². The fourth-order valence-electron chi connectivity index (χ4n) is 2.96. The normalized spacial score (nSPS) is 16.2. The van der Waals surface area contributed by atoms with Crippen molar-refractivity contribution in [3.05, 3.63) is 17.5 Å². The molecule has 21 heavy (non-hydrogen) atoms. The Morgan fingerprint density at radius 3 is 2.67 bits per heavy atom. The Morgan fingerprint density at radius 2 is 2.14 bits per heavy atom. The largest absolute Gasteiger partial charge is 0.396 e. The molecule has 0 spiro atoms. The smallest absolute Gasteiger partial charge is 0.254 e. The van der Waals surface area contributed by atoms with Gasteiger partial charge in [-0.1, -0.05) is 13.8 Å². The second-order valence-corrected chi connectivity index (χ2v) is 5.99. The molecule has 2 N–H and O–H groups in total. The maximum absolute atomic E-state index is 12.4. The molecule has 1 fully saturated rings. The fraction of sp³-hybridized carbons (Fsp3) is 0.750. The molecule has 0 saturated heterocycles. The summed E-state index contributed by atoms with van der Waals surface area (Å²) in [6.45, 7) is 6.35. The van der Waals surface area contributed by atoms with E-state index < -0.39 is 0 Å². The summed E-state index contributed by atoms with van der Waals surface area (Å²) >= 11 is 0. The van der Waals surface area contributed by atoms with E-state index in [4.69, 9.17) is 5.11 Å². The molecule has 1 aliphatic carbocycles. The van der Waals surface area contributed by atoms with Gasteiger partial charge in [-0.15, -0.1) is 0 Å². The van der Waals surface area contributed by atoms with Crippen LogP contribution in [0.2, 0.25) is 0 Å². The maximum atomic E-state index is 12.4. The number of hydrogen-bond acceptors (Lipinski definition) is 3. The minimum atomic E-state index is -0.0601. The number of carbonyl (C=O) groups is 1. The Kier molecular flexibility index (Phi) is 5.39. The van der Waals surface area contributed by atoms with Gasteiger partial charge < -0.3 is 10.4 Å². The third-order valence-corrected chi connectivity index (χ3v) is 4.53. The van der Waals surface area contributed by atoms with Crippen LogP contribution in [0.15, 0.2) is 6.20 Å². The third kappa shape index (κ3) is 3.64. The van der Waals surface area contributed by atoms with Crippen molar-refractivity contribution in [2.75, 3.05) is 6.61 Å². The van der Waals surface area contributed by atoms with E-state index in [0.717, 1.165) is 31.4 Å². The molecule has 0 aliphatic heterocycles. The second-order valence-electron chi connectivity index (χ2n) is 5.99. The number of hydrogen-bond donors (Lipinski definition) is 2. The lowest BCUT2D eigenvalue weighted by Crippen LogP contribution is -2.37. The van der Waals surface area contributed by atoms with Gasteiger partial charge in [-0.25, -0.2) is 0 Å². The van der Waals surface area contributed by atoms with Crippen molar-refractivity contribution in [3.63, 3.8) is 0 Å². The second kappa shape index (κ2) is 7.07. The number of nitrogens with zero attached hydrogens (tertiary/aromatic N) is 2. The van der Waals surface area contributed by atoms with Gasteiger partial charge in [0, 0.05) is 18.3 Å². The van der Waals surface area contributed by atoms with Crippen molar-refractivity contribution in [3.8, 4) is 0 Å². The standard InChI is InChI=1S/C16H27N3O2/c1-4-13(5-2)19-11(3)14(10-17-19)16(21)18-15(8-9-20)12-6-7-12/h10,12-13,15,20H,4-9H2,1-3H3,(H,18,21). The van der Waals surface area contributed by atoms with Crippen molar-refractivity contribution in [1.82, 2.24) is 15.1 Å². The zero-order valence-electron chi connectivity index (χ0n) is 13.3. The zero-order valence-corrected chi connectivity index (χ0v) is 13.3. The highest BCUT2D eigenvalue weighted by atomic mass is 16.3. The molecule has 118 valence electrons. The minimum Gasteiger partial charge on any atom is -0.396 e. The van der Waals surface area contributed by atoms with E-state index in [1.807, 2.05) is 11.6 Å². The predicted octanol–water partition coefficient (Wildman–Crippen LogP) is 2.44. The number of aliphatic hydroxyl groups is 1. The van der Waals surface area contributed by atoms with Crippen LogP contribution >= 0.6 is 0 Å². The maximum Gasteiger partial charge on any atom is 0.254 e. The first-order valence-corrected chi connectivity index (χ1v) is 8.08. The number of aliphatic hydroxyl groups excluding tert-OH is 1. The lowest BCUT2D eigenvalue weighted by atomic mass is 10.1. The first kappa shape index (κ1) is 16.0. The first-order chi connectivity index (χ1) is 10.1. The van der Waals surface area contributed by atoms with Gasteiger partial charge in [0.15, 0.2) is 0 Å². The minimum absolute atomic E-state index is 0.0601. The number of rotatable bonds is 8. The van der Waals surface area contributed by atoms with Crippen LogP contribution in [0.1, 0.15) is 68.0 Å². The van der Waals surface area contributed by atoms with Crippen molar-refractivity contribution in [1.29, 1.82) is 0 Å². The summed E-state index contributed by atoms with van der Waals surface area (Å²) in [6, 6.07) is 0.446. The molecule has 0 aromatic carbocycles. The third-order valence-electron chi connectivity index (χ3n) is 4.53. The molecule has 1 amide bonds. The summed E-state index contributed by atoms with van der Waals surface area (Å²) < 4.78 is 1.97. The predicted molar refractivity (Wildman–Crippen MR) is 82.3 cm³/mol. The molecule has 1 aliphatic rings. The van der Waals surface area contributed by atoms with Crippen molar-refractivity contribution < 1.29 is 9.90 Å². The van der Waals surface area contributed by atoms with Gasteiger partial charge in [-0.3, -0.25) is 9.48 Å². The lowest BCUT2D eigenvalue weighted by Gasteiger charge is -2.18. The van der Waals surface area contributed by atoms with E-state index in [1.54, 1.807) is 6.20 Å². The molecule has 1 heterocycles. The summed E-state index contributed by atoms with van der Waals surface area (Å²) in [7, 11) is 0. The summed E-state index contributed by atoms with van der Waals surface area (Å²) in [4.78, 5) is 12.4. The molecule has 5 heteroatoms. The van der Waals surface area contributed by atoms with Crippen LogP contribution in [0.3, 0.4) is 0 Å². The van der Waals surface area contributed by atoms with Gasteiger partial charge >= 0.3 is 0 Å². The van der Waals surface area contributed by atoms with Gasteiger partial charge in [0.25, 0.3) is 5.91 Å². The Bertz CT molecular complexity index is 476. The van der Waals surface area contributed by atoms with E-state index in [-0.39, 0.29) is 18.6 Å². The number of aromatic nitrogens is 2. The molecular weight excluding hydrogens is 266 g/mol. The van der Waals surface area contributed by atoms with Gasteiger partial charge in [0.1, 0.15) is 0 Å². The van der Waals surface area contributed by atoms with Crippen molar-refractivity contribution >= 4 is 5.91 Å². The average molecular weight is 293 g/mol. The Balaban J connectivity index is 2.08. The van der Waals surface area contributed by atoms with Crippen LogP contribution in [-0.2, 0) is 0 Å². The number of nitrogens with one attached hydrogen (secondary N) is 1. The van der Waals surface area contributed by atoms with E-state index in [2.05, 4.69) is 24.3 Å². The highest BCUT2D eigenvalue weighted by Gasteiger charge is 2.32. The molecule has 1 aromatic rings. The van der Waals surface area contributed by atoms with Crippen LogP contribution < -0.4 is 5.32 Å². The Morgan fingerprint density at radius 1 is 1.48 bits per heavy atom. The van der Waals surface area contributed by atoms with Crippen LogP contribution in [0.4, 0.5) is 0 Å². The highest BCUT2D eigenvalue weighted by molar-refractivity contribution is 5.95. The average Bonchev–Trinajstić information content (AvgIpc) is 3.25. The molecule has 1 atom stereocenters. The Labute approximate surface area is 126 Å². The first-order valence-electron chi connectivity index (χ1n) is 8.08. The van der Waals surface area contributed by atoms with Crippen molar-refractivity contribution in [2.45, 2.75) is 65.0 Å².